The number of carbonyl (C=O) groups excluding carboxylic acids is 2. The second kappa shape index (κ2) is 6.31. The molecule has 0 saturated heterocycles. The zero-order valence-corrected chi connectivity index (χ0v) is 10.8. The van der Waals surface area contributed by atoms with Crippen molar-refractivity contribution in [2.75, 3.05) is 18.5 Å². The Morgan fingerprint density at radius 2 is 2.00 bits per heavy atom. The van der Waals surface area contributed by atoms with E-state index in [0.717, 1.165) is 11.0 Å². The lowest BCUT2D eigenvalue weighted by molar-refractivity contribution is -0.137. The molecule has 0 fully saturated rings. The zero-order valence-electron chi connectivity index (χ0n) is 10.8. The molecule has 0 aliphatic carbocycles. The Labute approximate surface area is 118 Å². The van der Waals surface area contributed by atoms with Gasteiger partial charge in [0.25, 0.3) is 11.8 Å². The second-order valence-corrected chi connectivity index (χ2v) is 4.08. The first-order valence-electron chi connectivity index (χ1n) is 6.02. The van der Waals surface area contributed by atoms with Crippen LogP contribution in [0.1, 0.15) is 0 Å². The predicted octanol–water partition coefficient (Wildman–Crippen LogP) is 0.945. The van der Waals surface area contributed by atoms with Crippen LogP contribution >= 0.6 is 0 Å². The van der Waals surface area contributed by atoms with Crippen molar-refractivity contribution in [3.63, 3.8) is 0 Å². The Kier molecular flexibility index (Phi) is 4.49. The molecule has 0 unspecified atom stereocenters. The molecule has 0 spiro atoms. The Hall–Kier alpha value is -2.48. The Morgan fingerprint density at radius 3 is 2.67 bits per heavy atom. The fraction of sp³-hybridized carbons (Fsp3) is 0.231. The van der Waals surface area contributed by atoms with Gasteiger partial charge in [0.1, 0.15) is 11.4 Å². The van der Waals surface area contributed by atoms with Gasteiger partial charge >= 0.3 is 6.61 Å². The number of benzene rings is 1. The summed E-state index contributed by atoms with van der Waals surface area (Å²) in [6.45, 7) is -3.49. The molecule has 1 heterocycles. The summed E-state index contributed by atoms with van der Waals surface area (Å²) < 4.78 is 28.9. The van der Waals surface area contributed by atoms with E-state index in [2.05, 4.69) is 10.1 Å². The van der Waals surface area contributed by atoms with E-state index in [1.807, 2.05) is 0 Å². The standard InChI is InChI=1S/C13H12F2N2O4/c14-13(15)21-10-4-2-1-3-8(10)16-9-7-11(19)17(5-6-18)12(9)20/h1-4,7,13,16,18H,5-6H2. The normalized spacial score (nSPS) is 14.7. The summed E-state index contributed by atoms with van der Waals surface area (Å²) in [4.78, 5) is 24.3. The number of imide groups is 1. The number of hydrogen-bond acceptors (Lipinski definition) is 5. The van der Waals surface area contributed by atoms with Gasteiger partial charge in [-0.3, -0.25) is 14.5 Å². The van der Waals surface area contributed by atoms with Gasteiger partial charge in [-0.15, -0.1) is 0 Å². The molecule has 0 radical (unpaired) electrons. The van der Waals surface area contributed by atoms with E-state index >= 15 is 0 Å². The second-order valence-electron chi connectivity index (χ2n) is 4.08. The summed E-state index contributed by atoms with van der Waals surface area (Å²) in [5, 5.41) is 11.4. The number of alkyl halides is 2. The van der Waals surface area contributed by atoms with Crippen molar-refractivity contribution in [3.8, 4) is 5.75 Å². The van der Waals surface area contributed by atoms with Crippen LogP contribution in [0.25, 0.3) is 0 Å². The molecule has 2 N–H and O–H groups in total. The van der Waals surface area contributed by atoms with Gasteiger partial charge in [-0.05, 0) is 12.1 Å². The largest absolute Gasteiger partial charge is 0.433 e. The number of para-hydroxylation sites is 2. The van der Waals surface area contributed by atoms with Crippen LogP contribution in [0.5, 0.6) is 5.75 Å². The highest BCUT2D eigenvalue weighted by Gasteiger charge is 2.31. The molecule has 1 aromatic rings. The van der Waals surface area contributed by atoms with Crippen molar-refractivity contribution >= 4 is 17.5 Å². The maximum Gasteiger partial charge on any atom is 0.387 e. The molecular weight excluding hydrogens is 286 g/mol. The lowest BCUT2D eigenvalue weighted by Crippen LogP contribution is -2.34. The molecule has 2 rings (SSSR count). The van der Waals surface area contributed by atoms with Crippen molar-refractivity contribution in [2.24, 2.45) is 0 Å². The molecular formula is C13H12F2N2O4. The van der Waals surface area contributed by atoms with E-state index in [-0.39, 0.29) is 30.3 Å². The molecule has 112 valence electrons. The lowest BCUT2D eigenvalue weighted by atomic mass is 10.2. The van der Waals surface area contributed by atoms with Gasteiger partial charge in [0, 0.05) is 6.08 Å². The maximum absolute atomic E-state index is 12.3. The van der Waals surface area contributed by atoms with Crippen molar-refractivity contribution in [2.45, 2.75) is 6.61 Å². The Morgan fingerprint density at radius 1 is 1.29 bits per heavy atom. The average Bonchev–Trinajstić information content (AvgIpc) is 2.69. The van der Waals surface area contributed by atoms with Crippen LogP contribution in [-0.2, 0) is 9.59 Å². The van der Waals surface area contributed by atoms with Gasteiger partial charge in [0.15, 0.2) is 0 Å². The molecule has 6 nitrogen and oxygen atoms in total. The number of nitrogens with one attached hydrogen (secondary N) is 1. The summed E-state index contributed by atoms with van der Waals surface area (Å²) in [5.74, 6) is -1.36. The van der Waals surface area contributed by atoms with E-state index < -0.39 is 18.4 Å². The monoisotopic (exact) mass is 298 g/mol. The van der Waals surface area contributed by atoms with Crippen LogP contribution in [0.2, 0.25) is 0 Å². The van der Waals surface area contributed by atoms with Crippen molar-refractivity contribution < 1.29 is 28.2 Å². The van der Waals surface area contributed by atoms with Crippen LogP contribution in [0.3, 0.4) is 0 Å². The van der Waals surface area contributed by atoms with Crippen LogP contribution in [-0.4, -0.2) is 41.6 Å². The fourth-order valence-electron chi connectivity index (χ4n) is 1.82. The molecule has 0 atom stereocenters. The van der Waals surface area contributed by atoms with Gasteiger partial charge in [-0.1, -0.05) is 12.1 Å². The first kappa shape index (κ1) is 14.9. The Bertz CT molecular complexity index is 589. The van der Waals surface area contributed by atoms with Gasteiger partial charge in [-0.2, -0.15) is 8.78 Å². The van der Waals surface area contributed by atoms with Crippen LogP contribution in [0.4, 0.5) is 14.5 Å². The number of rotatable bonds is 6. The minimum atomic E-state index is -3.01. The third-order valence-electron chi connectivity index (χ3n) is 2.71. The van der Waals surface area contributed by atoms with Crippen molar-refractivity contribution in [3.05, 3.63) is 36.0 Å². The molecule has 21 heavy (non-hydrogen) atoms. The van der Waals surface area contributed by atoms with Crippen LogP contribution < -0.4 is 10.1 Å². The molecule has 2 amide bonds. The van der Waals surface area contributed by atoms with Crippen LogP contribution in [0.15, 0.2) is 36.0 Å². The van der Waals surface area contributed by atoms with Gasteiger partial charge < -0.3 is 15.2 Å². The minimum absolute atomic E-state index is 0.0706. The minimum Gasteiger partial charge on any atom is -0.433 e. The molecule has 8 heteroatoms. The number of halogens is 2. The first-order chi connectivity index (χ1) is 10.0. The van der Waals surface area contributed by atoms with Gasteiger partial charge in [0.2, 0.25) is 0 Å². The van der Waals surface area contributed by atoms with E-state index in [1.54, 1.807) is 6.07 Å². The third kappa shape index (κ3) is 3.34. The van der Waals surface area contributed by atoms with Crippen LogP contribution in [0, 0.1) is 0 Å². The number of carbonyl (C=O) groups is 2. The number of aliphatic hydroxyl groups is 1. The zero-order chi connectivity index (χ0) is 15.4. The van der Waals surface area contributed by atoms with E-state index in [4.69, 9.17) is 5.11 Å². The smallest absolute Gasteiger partial charge is 0.387 e. The number of nitrogens with zero attached hydrogens (tertiary/aromatic N) is 1. The maximum atomic E-state index is 12.3. The van der Waals surface area contributed by atoms with Gasteiger partial charge in [0.05, 0.1) is 18.8 Å². The van der Waals surface area contributed by atoms with Gasteiger partial charge in [-0.25, -0.2) is 0 Å². The number of amides is 2. The number of β-amino-alcohol motifs (C(OH)–C–C–N with tert-alkyl or cyclic N) is 1. The third-order valence-corrected chi connectivity index (χ3v) is 2.71. The highest BCUT2D eigenvalue weighted by molar-refractivity contribution is 6.17. The van der Waals surface area contributed by atoms with Crippen molar-refractivity contribution in [1.29, 1.82) is 0 Å². The summed E-state index contributed by atoms with van der Waals surface area (Å²) >= 11 is 0. The highest BCUT2D eigenvalue weighted by Crippen LogP contribution is 2.28. The number of aliphatic hydroxyl groups excluding tert-OH is 1. The highest BCUT2D eigenvalue weighted by atomic mass is 19.3. The molecule has 1 aliphatic rings. The Balaban J connectivity index is 2.18. The van der Waals surface area contributed by atoms with E-state index in [9.17, 15) is 18.4 Å². The SMILES string of the molecule is O=C1C=C(Nc2ccccc2OC(F)F)C(=O)N1CCO. The molecule has 0 saturated carbocycles. The predicted molar refractivity (Wildman–Crippen MR) is 68.6 cm³/mol. The number of anilines is 1. The number of hydrogen-bond donors (Lipinski definition) is 2. The molecule has 1 aromatic carbocycles. The molecule has 0 bridgehead atoms. The quantitative estimate of drug-likeness (QED) is 0.764. The van der Waals surface area contributed by atoms with Crippen molar-refractivity contribution in [1.82, 2.24) is 4.90 Å². The topological polar surface area (TPSA) is 78.9 Å². The lowest BCUT2D eigenvalue weighted by Gasteiger charge is -2.15. The summed E-state index contributed by atoms with van der Waals surface area (Å²) in [7, 11) is 0. The number of ether oxygens (including phenoxy) is 1. The first-order valence-corrected chi connectivity index (χ1v) is 6.02. The average molecular weight is 298 g/mol. The summed E-state index contributed by atoms with van der Waals surface area (Å²) in [5.41, 5.74) is 0.0646. The summed E-state index contributed by atoms with van der Waals surface area (Å²) in [6, 6.07) is 5.80. The fourth-order valence-corrected chi connectivity index (χ4v) is 1.82. The molecule has 0 aromatic heterocycles. The summed E-state index contributed by atoms with van der Waals surface area (Å²) in [6.07, 6.45) is 1.04. The van der Waals surface area contributed by atoms with E-state index in [0.29, 0.717) is 0 Å². The van der Waals surface area contributed by atoms with E-state index in [1.165, 1.54) is 18.2 Å². The molecule has 1 aliphatic heterocycles.